The molecule has 0 aliphatic rings. The maximum Gasteiger partial charge on any atom is 0.187 e. The highest BCUT2D eigenvalue weighted by Crippen LogP contribution is 2.29. The van der Waals surface area contributed by atoms with E-state index in [9.17, 15) is 0 Å². The van der Waals surface area contributed by atoms with Gasteiger partial charge in [-0.2, -0.15) is 9.61 Å². The second-order valence-electron chi connectivity index (χ2n) is 6.62. The lowest BCUT2D eigenvalue weighted by atomic mass is 9.96. The van der Waals surface area contributed by atoms with Crippen LogP contribution in [0.2, 0.25) is 0 Å². The van der Waals surface area contributed by atoms with Gasteiger partial charge in [0.25, 0.3) is 0 Å². The second kappa shape index (κ2) is 4.84. The average Bonchev–Trinajstić information content (AvgIpc) is 2.99. The first kappa shape index (κ1) is 13.8. The SMILES string of the molecule is CC(C)(C)c1nnc2c3cccnc3c(-c3ccccc3)nn12. The van der Waals surface area contributed by atoms with Crippen LogP contribution in [-0.2, 0) is 5.41 Å². The average molecular weight is 303 g/mol. The first-order chi connectivity index (χ1) is 11.1. The van der Waals surface area contributed by atoms with Gasteiger partial charge >= 0.3 is 0 Å². The Hall–Kier alpha value is -2.82. The molecule has 3 heterocycles. The third-order valence-electron chi connectivity index (χ3n) is 3.83. The molecule has 4 rings (SSSR count). The summed E-state index contributed by atoms with van der Waals surface area (Å²) in [6.07, 6.45) is 1.79. The van der Waals surface area contributed by atoms with E-state index in [1.807, 2.05) is 47.0 Å². The molecule has 5 heteroatoms. The minimum Gasteiger partial charge on any atom is -0.254 e. The van der Waals surface area contributed by atoms with Crippen LogP contribution >= 0.6 is 0 Å². The number of rotatable bonds is 1. The molecule has 114 valence electrons. The van der Waals surface area contributed by atoms with E-state index in [0.717, 1.165) is 33.6 Å². The molecule has 23 heavy (non-hydrogen) atoms. The molecule has 0 N–H and O–H groups in total. The van der Waals surface area contributed by atoms with Gasteiger partial charge in [0.15, 0.2) is 11.5 Å². The molecule has 0 fully saturated rings. The normalized spacial score (nSPS) is 12.1. The molecule has 1 aromatic carbocycles. The molecule has 0 saturated heterocycles. The van der Waals surface area contributed by atoms with Crippen LogP contribution in [0.3, 0.4) is 0 Å². The van der Waals surface area contributed by atoms with E-state index in [2.05, 4.69) is 36.0 Å². The van der Waals surface area contributed by atoms with E-state index in [1.54, 1.807) is 6.20 Å². The van der Waals surface area contributed by atoms with Crippen LogP contribution < -0.4 is 0 Å². The number of aromatic nitrogens is 5. The summed E-state index contributed by atoms with van der Waals surface area (Å²) in [6.45, 7) is 6.34. The third-order valence-corrected chi connectivity index (χ3v) is 3.83. The summed E-state index contributed by atoms with van der Waals surface area (Å²) in [5, 5.41) is 14.5. The third kappa shape index (κ3) is 2.16. The van der Waals surface area contributed by atoms with Crippen molar-refractivity contribution in [3.05, 3.63) is 54.5 Å². The Labute approximate surface area is 134 Å². The highest BCUT2D eigenvalue weighted by molar-refractivity contribution is 5.98. The van der Waals surface area contributed by atoms with Gasteiger partial charge < -0.3 is 0 Å². The van der Waals surface area contributed by atoms with Gasteiger partial charge in [-0.1, -0.05) is 51.1 Å². The highest BCUT2D eigenvalue weighted by Gasteiger charge is 2.24. The van der Waals surface area contributed by atoms with Crippen molar-refractivity contribution in [3.63, 3.8) is 0 Å². The molecule has 0 saturated carbocycles. The van der Waals surface area contributed by atoms with Crippen molar-refractivity contribution in [2.45, 2.75) is 26.2 Å². The van der Waals surface area contributed by atoms with Crippen LogP contribution in [0, 0.1) is 0 Å². The summed E-state index contributed by atoms with van der Waals surface area (Å²) in [6, 6.07) is 14.0. The van der Waals surface area contributed by atoms with Crippen molar-refractivity contribution >= 4 is 16.6 Å². The zero-order valence-electron chi connectivity index (χ0n) is 13.4. The molecule has 0 atom stereocenters. The fourth-order valence-electron chi connectivity index (χ4n) is 2.72. The second-order valence-corrected chi connectivity index (χ2v) is 6.62. The van der Waals surface area contributed by atoms with Crippen LogP contribution in [-0.4, -0.2) is 24.8 Å². The zero-order valence-corrected chi connectivity index (χ0v) is 13.4. The fourth-order valence-corrected chi connectivity index (χ4v) is 2.72. The molecule has 0 bridgehead atoms. The number of fused-ring (bicyclic) bond motifs is 3. The number of pyridine rings is 1. The van der Waals surface area contributed by atoms with Crippen molar-refractivity contribution < 1.29 is 0 Å². The van der Waals surface area contributed by atoms with Crippen LogP contribution in [0.25, 0.3) is 27.8 Å². The predicted molar refractivity (Wildman–Crippen MR) is 90.2 cm³/mol. The first-order valence-corrected chi connectivity index (χ1v) is 7.62. The number of nitrogens with zero attached hydrogens (tertiary/aromatic N) is 5. The summed E-state index contributed by atoms with van der Waals surface area (Å²) in [4.78, 5) is 4.54. The Balaban J connectivity index is 2.16. The van der Waals surface area contributed by atoms with Crippen molar-refractivity contribution in [3.8, 4) is 11.3 Å². The molecular weight excluding hydrogens is 286 g/mol. The summed E-state index contributed by atoms with van der Waals surface area (Å²) in [7, 11) is 0. The summed E-state index contributed by atoms with van der Waals surface area (Å²) in [5.74, 6) is 0.843. The summed E-state index contributed by atoms with van der Waals surface area (Å²) >= 11 is 0. The summed E-state index contributed by atoms with van der Waals surface area (Å²) < 4.78 is 1.85. The van der Waals surface area contributed by atoms with Gasteiger partial charge in [0.05, 0.1) is 0 Å². The molecular formula is C18H17N5. The summed E-state index contributed by atoms with van der Waals surface area (Å²) in [5.41, 5.74) is 3.33. The van der Waals surface area contributed by atoms with E-state index >= 15 is 0 Å². The van der Waals surface area contributed by atoms with E-state index in [0.29, 0.717) is 0 Å². The van der Waals surface area contributed by atoms with Gasteiger partial charge in [-0.15, -0.1) is 10.2 Å². The van der Waals surface area contributed by atoms with E-state index in [-0.39, 0.29) is 5.41 Å². The zero-order chi connectivity index (χ0) is 16.0. The van der Waals surface area contributed by atoms with Gasteiger partial charge in [0.2, 0.25) is 0 Å². The molecule has 0 spiro atoms. The van der Waals surface area contributed by atoms with Gasteiger partial charge in [0, 0.05) is 22.6 Å². The Morgan fingerprint density at radius 1 is 0.913 bits per heavy atom. The molecule has 0 radical (unpaired) electrons. The van der Waals surface area contributed by atoms with Gasteiger partial charge in [0.1, 0.15) is 11.2 Å². The van der Waals surface area contributed by atoms with E-state index < -0.39 is 0 Å². The number of hydrogen-bond donors (Lipinski definition) is 0. The molecule has 0 amide bonds. The standard InChI is InChI=1S/C18H17N5/c1-18(2,3)17-21-20-16-13-10-7-11-19-15(13)14(22-23(16)17)12-8-5-4-6-9-12/h4-11H,1-3H3. The minimum absolute atomic E-state index is 0.143. The van der Waals surface area contributed by atoms with Crippen LogP contribution in [0.1, 0.15) is 26.6 Å². The lowest BCUT2D eigenvalue weighted by Gasteiger charge is -2.15. The van der Waals surface area contributed by atoms with Crippen LogP contribution in [0.5, 0.6) is 0 Å². The van der Waals surface area contributed by atoms with E-state index in [4.69, 9.17) is 5.10 Å². The first-order valence-electron chi connectivity index (χ1n) is 7.62. The van der Waals surface area contributed by atoms with E-state index in [1.165, 1.54) is 0 Å². The van der Waals surface area contributed by atoms with Crippen LogP contribution in [0.15, 0.2) is 48.7 Å². The Bertz CT molecular complexity index is 996. The number of benzene rings is 1. The van der Waals surface area contributed by atoms with Crippen molar-refractivity contribution in [1.82, 2.24) is 24.8 Å². The Morgan fingerprint density at radius 3 is 2.43 bits per heavy atom. The lowest BCUT2D eigenvalue weighted by Crippen LogP contribution is -2.17. The largest absolute Gasteiger partial charge is 0.254 e. The topological polar surface area (TPSA) is 56.0 Å². The molecule has 3 aromatic heterocycles. The quantitative estimate of drug-likeness (QED) is 0.539. The molecule has 4 aromatic rings. The van der Waals surface area contributed by atoms with Crippen molar-refractivity contribution in [2.24, 2.45) is 0 Å². The van der Waals surface area contributed by atoms with Crippen LogP contribution in [0.4, 0.5) is 0 Å². The maximum atomic E-state index is 4.83. The van der Waals surface area contributed by atoms with Gasteiger partial charge in [-0.25, -0.2) is 0 Å². The van der Waals surface area contributed by atoms with Gasteiger partial charge in [-0.3, -0.25) is 4.98 Å². The lowest BCUT2D eigenvalue weighted by molar-refractivity contribution is 0.527. The predicted octanol–water partition coefficient (Wildman–Crippen LogP) is 3.64. The monoisotopic (exact) mass is 303 g/mol. The number of hydrogen-bond acceptors (Lipinski definition) is 4. The Morgan fingerprint density at radius 2 is 1.70 bits per heavy atom. The molecule has 0 aliphatic heterocycles. The minimum atomic E-state index is -0.143. The molecule has 5 nitrogen and oxygen atoms in total. The van der Waals surface area contributed by atoms with Crippen molar-refractivity contribution in [1.29, 1.82) is 0 Å². The Kier molecular flexibility index (Phi) is 2.91. The maximum absolute atomic E-state index is 4.83. The fraction of sp³-hybridized carbons (Fsp3) is 0.222. The smallest absolute Gasteiger partial charge is 0.187 e. The molecule has 0 aliphatic carbocycles. The van der Waals surface area contributed by atoms with Gasteiger partial charge in [-0.05, 0) is 12.1 Å². The van der Waals surface area contributed by atoms with Crippen molar-refractivity contribution in [2.75, 3.05) is 0 Å². The molecule has 0 unspecified atom stereocenters. The highest BCUT2D eigenvalue weighted by atomic mass is 15.4.